The van der Waals surface area contributed by atoms with E-state index in [9.17, 15) is 30.3 Å². The zero-order chi connectivity index (χ0) is 56.5. The van der Waals surface area contributed by atoms with Crippen molar-refractivity contribution in [3.63, 3.8) is 0 Å². The molecule has 1 saturated heterocycles. The van der Waals surface area contributed by atoms with Crippen LogP contribution in [0, 0.1) is 0 Å². The van der Waals surface area contributed by atoms with Crippen LogP contribution in [0.25, 0.3) is 0 Å². The molecule has 0 aromatic rings. The highest BCUT2D eigenvalue weighted by molar-refractivity contribution is 5.76. The number of unbranched alkanes of at least 4 members (excludes halogenated alkanes) is 46. The Bertz CT molecular complexity index is 1320. The highest BCUT2D eigenvalue weighted by Gasteiger charge is 2.44. The monoisotopic (exact) mass is 1100 g/mol. The van der Waals surface area contributed by atoms with Crippen molar-refractivity contribution in [2.75, 3.05) is 13.2 Å². The number of amides is 1. The van der Waals surface area contributed by atoms with Gasteiger partial charge in [0.05, 0.1) is 25.4 Å². The number of aliphatic hydroxyl groups is 5. The van der Waals surface area contributed by atoms with E-state index in [1.807, 2.05) is 6.08 Å². The van der Waals surface area contributed by atoms with Crippen molar-refractivity contribution in [2.24, 2.45) is 0 Å². The number of allylic oxidation sites excluding steroid dienone is 5. The SMILES string of the molecule is CCCCCCCCCC/C=C\CCCCCCCCCCCCCCCCCCCC(=O)NC(COC1OC(CO)C(O)C(O)C1O)C(O)/C=C/CC/C=C/CCCCCCCCCCCCCCCCCCCCCC. The van der Waals surface area contributed by atoms with Gasteiger partial charge in [-0.3, -0.25) is 4.79 Å². The fourth-order valence-corrected chi connectivity index (χ4v) is 11.1. The van der Waals surface area contributed by atoms with E-state index in [0.29, 0.717) is 6.42 Å². The molecule has 1 aliphatic rings. The summed E-state index contributed by atoms with van der Waals surface area (Å²) in [7, 11) is 0. The number of hydrogen-bond donors (Lipinski definition) is 6. The highest BCUT2D eigenvalue weighted by Crippen LogP contribution is 2.23. The fourth-order valence-electron chi connectivity index (χ4n) is 11.1. The topological polar surface area (TPSA) is 149 Å². The Labute approximate surface area is 482 Å². The third-order valence-corrected chi connectivity index (χ3v) is 16.4. The molecule has 0 aliphatic carbocycles. The molecule has 0 bridgehead atoms. The first-order valence-electron chi connectivity index (χ1n) is 34.2. The van der Waals surface area contributed by atoms with Crippen molar-refractivity contribution in [1.29, 1.82) is 0 Å². The van der Waals surface area contributed by atoms with Crippen LogP contribution in [-0.4, -0.2) is 87.5 Å². The zero-order valence-corrected chi connectivity index (χ0v) is 51.4. The van der Waals surface area contributed by atoms with Gasteiger partial charge in [-0.25, -0.2) is 0 Å². The summed E-state index contributed by atoms with van der Waals surface area (Å²) < 4.78 is 11.3. The van der Waals surface area contributed by atoms with Crippen LogP contribution >= 0.6 is 0 Å². The minimum atomic E-state index is -1.57. The number of hydrogen-bond acceptors (Lipinski definition) is 8. The van der Waals surface area contributed by atoms with Crippen molar-refractivity contribution in [2.45, 2.75) is 384 Å². The normalized spacial score (nSPS) is 18.8. The Morgan fingerprint density at radius 2 is 0.731 bits per heavy atom. The van der Waals surface area contributed by atoms with Gasteiger partial charge in [0.15, 0.2) is 6.29 Å². The lowest BCUT2D eigenvalue weighted by molar-refractivity contribution is -0.302. The van der Waals surface area contributed by atoms with Gasteiger partial charge in [-0.15, -0.1) is 0 Å². The van der Waals surface area contributed by atoms with Gasteiger partial charge in [0.1, 0.15) is 24.4 Å². The van der Waals surface area contributed by atoms with Crippen molar-refractivity contribution in [1.82, 2.24) is 5.32 Å². The molecule has 0 aromatic carbocycles. The number of carbonyl (C=O) groups is 1. The second-order valence-corrected chi connectivity index (χ2v) is 24.0. The van der Waals surface area contributed by atoms with E-state index in [1.165, 1.54) is 283 Å². The lowest BCUT2D eigenvalue weighted by Gasteiger charge is -2.40. The van der Waals surface area contributed by atoms with E-state index in [2.05, 4.69) is 43.5 Å². The summed E-state index contributed by atoms with van der Waals surface area (Å²) in [6.07, 6.45) is 71.1. The average Bonchev–Trinajstić information content (AvgIpc) is 3.45. The van der Waals surface area contributed by atoms with Crippen LogP contribution in [-0.2, 0) is 14.3 Å². The van der Waals surface area contributed by atoms with E-state index >= 15 is 0 Å². The van der Waals surface area contributed by atoms with Crippen LogP contribution in [0.4, 0.5) is 0 Å². The largest absolute Gasteiger partial charge is 0.394 e. The van der Waals surface area contributed by atoms with Crippen LogP contribution in [0.15, 0.2) is 36.5 Å². The van der Waals surface area contributed by atoms with E-state index in [1.54, 1.807) is 6.08 Å². The molecular weight excluding hydrogens is 971 g/mol. The van der Waals surface area contributed by atoms with Crippen LogP contribution in [0.2, 0.25) is 0 Å². The molecule has 460 valence electrons. The van der Waals surface area contributed by atoms with Gasteiger partial charge in [-0.2, -0.15) is 0 Å². The molecule has 9 heteroatoms. The third kappa shape index (κ3) is 47.0. The molecule has 1 fully saturated rings. The second kappa shape index (κ2) is 58.6. The van der Waals surface area contributed by atoms with Crippen molar-refractivity contribution in [3.8, 4) is 0 Å². The molecule has 0 saturated carbocycles. The zero-order valence-electron chi connectivity index (χ0n) is 51.4. The third-order valence-electron chi connectivity index (χ3n) is 16.4. The summed E-state index contributed by atoms with van der Waals surface area (Å²) in [6, 6.07) is -0.822. The van der Waals surface area contributed by atoms with Crippen molar-refractivity contribution >= 4 is 5.91 Å². The number of carbonyl (C=O) groups excluding carboxylic acids is 1. The average molecular weight is 1100 g/mol. The molecule has 1 rings (SSSR count). The number of ether oxygens (including phenoxy) is 2. The molecular formula is C69H131NO8. The minimum absolute atomic E-state index is 0.180. The quantitative estimate of drug-likeness (QED) is 0.0261. The first-order chi connectivity index (χ1) is 38.3. The Kier molecular flexibility index (Phi) is 55.9. The van der Waals surface area contributed by atoms with Gasteiger partial charge in [0.2, 0.25) is 5.91 Å². The van der Waals surface area contributed by atoms with E-state index < -0.39 is 49.5 Å². The Morgan fingerprint density at radius 3 is 1.08 bits per heavy atom. The Hall–Kier alpha value is -1.59. The molecule has 0 aromatic heterocycles. The fraction of sp³-hybridized carbons (Fsp3) is 0.899. The van der Waals surface area contributed by atoms with E-state index in [0.717, 1.165) is 38.5 Å². The van der Waals surface area contributed by atoms with Crippen LogP contribution in [0.1, 0.15) is 341 Å². The standard InChI is InChI=1S/C69H131NO8/c1-3-5-7-9-11-13-15-17-19-21-23-25-27-29-31-32-33-35-37-39-41-43-45-47-49-51-53-55-57-59-65(73)70-62(61-77-69-68(76)67(75)66(74)64(60-71)78-69)63(72)58-56-54-52-50-48-46-44-42-40-38-36-34-30-28-26-24-22-20-18-16-14-12-10-8-6-4-2/h21,23,48,50,56,58,62-64,66-69,71-72,74-76H,3-20,22,24-47,49,51-55,57,59-61H2,1-2H3,(H,70,73)/b23-21-,50-48+,58-56+. The molecule has 78 heavy (non-hydrogen) atoms. The van der Waals surface area contributed by atoms with E-state index in [4.69, 9.17) is 9.47 Å². The van der Waals surface area contributed by atoms with Gasteiger partial charge in [-0.1, -0.05) is 314 Å². The predicted molar refractivity (Wildman–Crippen MR) is 332 cm³/mol. The minimum Gasteiger partial charge on any atom is -0.394 e. The maximum absolute atomic E-state index is 13.1. The highest BCUT2D eigenvalue weighted by atomic mass is 16.7. The second-order valence-electron chi connectivity index (χ2n) is 24.0. The molecule has 9 nitrogen and oxygen atoms in total. The summed E-state index contributed by atoms with van der Waals surface area (Å²) in [5, 5.41) is 54.7. The molecule has 1 heterocycles. The lowest BCUT2D eigenvalue weighted by atomic mass is 9.99. The summed E-state index contributed by atoms with van der Waals surface area (Å²) in [5.41, 5.74) is 0. The lowest BCUT2D eigenvalue weighted by Crippen LogP contribution is -2.60. The van der Waals surface area contributed by atoms with Crippen molar-refractivity contribution in [3.05, 3.63) is 36.5 Å². The van der Waals surface area contributed by atoms with Crippen molar-refractivity contribution < 1.29 is 39.8 Å². The molecule has 1 amide bonds. The molecule has 0 radical (unpaired) electrons. The first kappa shape index (κ1) is 74.4. The van der Waals surface area contributed by atoms with Crippen LogP contribution in [0.5, 0.6) is 0 Å². The number of nitrogens with one attached hydrogen (secondary N) is 1. The molecule has 7 atom stereocenters. The molecule has 0 spiro atoms. The van der Waals surface area contributed by atoms with Gasteiger partial charge >= 0.3 is 0 Å². The van der Waals surface area contributed by atoms with Crippen LogP contribution in [0.3, 0.4) is 0 Å². The van der Waals surface area contributed by atoms with Gasteiger partial charge < -0.3 is 40.3 Å². The molecule has 7 unspecified atom stereocenters. The maximum Gasteiger partial charge on any atom is 0.220 e. The number of rotatable bonds is 60. The van der Waals surface area contributed by atoms with Gasteiger partial charge in [0.25, 0.3) is 0 Å². The summed E-state index contributed by atoms with van der Waals surface area (Å²) in [6.45, 7) is 3.81. The predicted octanol–water partition coefficient (Wildman–Crippen LogP) is 18.3. The first-order valence-corrected chi connectivity index (χ1v) is 34.2. The summed E-state index contributed by atoms with van der Waals surface area (Å²) in [4.78, 5) is 13.1. The van der Waals surface area contributed by atoms with Gasteiger partial charge in [-0.05, 0) is 57.8 Å². The van der Waals surface area contributed by atoms with Crippen LogP contribution < -0.4 is 5.32 Å². The Morgan fingerprint density at radius 1 is 0.423 bits per heavy atom. The smallest absolute Gasteiger partial charge is 0.220 e. The maximum atomic E-state index is 13.1. The van der Waals surface area contributed by atoms with E-state index in [-0.39, 0.29) is 12.5 Å². The summed E-state index contributed by atoms with van der Waals surface area (Å²) >= 11 is 0. The summed E-state index contributed by atoms with van der Waals surface area (Å²) in [5.74, 6) is -0.180. The van der Waals surface area contributed by atoms with Gasteiger partial charge in [0, 0.05) is 6.42 Å². The number of aliphatic hydroxyl groups excluding tert-OH is 5. The molecule has 1 aliphatic heterocycles. The molecule has 6 N–H and O–H groups in total. The Balaban J connectivity index is 2.15.